The van der Waals surface area contributed by atoms with Crippen LogP contribution < -0.4 is 5.69 Å². The molecule has 0 saturated carbocycles. The van der Waals surface area contributed by atoms with Crippen molar-refractivity contribution in [1.29, 1.82) is 0 Å². The van der Waals surface area contributed by atoms with Crippen LogP contribution in [-0.2, 0) is 7.05 Å². The van der Waals surface area contributed by atoms with Crippen LogP contribution in [0.4, 0.5) is 0 Å². The third kappa shape index (κ3) is 2.72. The number of pyridine rings is 1. The molecular formula is C23H19N5O. The van der Waals surface area contributed by atoms with Gasteiger partial charge in [-0.25, -0.2) is 14.8 Å². The molecule has 2 aromatic carbocycles. The molecule has 0 aliphatic rings. The van der Waals surface area contributed by atoms with Crippen LogP contribution in [0.15, 0.2) is 77.9 Å². The van der Waals surface area contributed by atoms with Crippen molar-refractivity contribution in [3.05, 3.63) is 89.1 Å². The van der Waals surface area contributed by atoms with Crippen molar-refractivity contribution >= 4 is 22.2 Å². The van der Waals surface area contributed by atoms with Gasteiger partial charge in [0.25, 0.3) is 0 Å². The van der Waals surface area contributed by atoms with Gasteiger partial charge >= 0.3 is 5.69 Å². The Morgan fingerprint density at radius 1 is 0.897 bits per heavy atom. The first-order valence-corrected chi connectivity index (χ1v) is 9.48. The molecule has 142 valence electrons. The van der Waals surface area contributed by atoms with Gasteiger partial charge in [-0.1, -0.05) is 48.5 Å². The van der Waals surface area contributed by atoms with Crippen LogP contribution >= 0.6 is 0 Å². The van der Waals surface area contributed by atoms with Gasteiger partial charge in [0.05, 0.1) is 23.4 Å². The number of hydrogen-bond donors (Lipinski definition) is 0. The zero-order valence-electron chi connectivity index (χ0n) is 16.1. The second-order valence-corrected chi connectivity index (χ2v) is 7.08. The fraction of sp³-hybridized carbons (Fsp3) is 0.130. The fourth-order valence-electron chi connectivity index (χ4n) is 3.80. The lowest BCUT2D eigenvalue weighted by Gasteiger charge is -2.13. The number of fused-ring (bicyclic) bond motifs is 2. The lowest BCUT2D eigenvalue weighted by atomic mass is 10.1. The molecule has 0 bridgehead atoms. The van der Waals surface area contributed by atoms with E-state index in [-0.39, 0.29) is 11.7 Å². The van der Waals surface area contributed by atoms with E-state index < -0.39 is 0 Å². The number of aromatic nitrogens is 5. The van der Waals surface area contributed by atoms with Gasteiger partial charge in [-0.15, -0.1) is 0 Å². The zero-order valence-corrected chi connectivity index (χ0v) is 16.1. The smallest absolute Gasteiger partial charge is 0.278 e. The third-order valence-electron chi connectivity index (χ3n) is 5.37. The van der Waals surface area contributed by atoms with E-state index in [1.165, 1.54) is 0 Å². The van der Waals surface area contributed by atoms with Crippen LogP contribution in [0, 0.1) is 0 Å². The van der Waals surface area contributed by atoms with Gasteiger partial charge in [-0.05, 0) is 24.6 Å². The molecule has 0 spiro atoms. The number of hydrogen-bond acceptors (Lipinski definition) is 4. The molecule has 3 aromatic heterocycles. The maximum atomic E-state index is 13.0. The summed E-state index contributed by atoms with van der Waals surface area (Å²) in [6, 6.07) is 19.7. The Morgan fingerprint density at radius 2 is 1.72 bits per heavy atom. The Bertz CT molecular complexity index is 1400. The van der Waals surface area contributed by atoms with Crippen LogP contribution in [-0.4, -0.2) is 24.1 Å². The first kappa shape index (κ1) is 17.3. The minimum atomic E-state index is -0.161. The highest BCUT2D eigenvalue weighted by molar-refractivity contribution is 5.94. The van der Waals surface area contributed by atoms with E-state index in [2.05, 4.69) is 9.97 Å². The van der Waals surface area contributed by atoms with E-state index in [1.807, 2.05) is 67.6 Å². The maximum Gasteiger partial charge on any atom is 0.331 e. The van der Waals surface area contributed by atoms with E-state index in [4.69, 9.17) is 4.98 Å². The molecule has 0 fully saturated rings. The molecule has 5 rings (SSSR count). The largest absolute Gasteiger partial charge is 0.331 e. The Labute approximate surface area is 167 Å². The summed E-state index contributed by atoms with van der Waals surface area (Å²) >= 11 is 0. The van der Waals surface area contributed by atoms with Crippen molar-refractivity contribution in [1.82, 2.24) is 24.1 Å². The lowest BCUT2D eigenvalue weighted by Crippen LogP contribution is -2.25. The second-order valence-electron chi connectivity index (χ2n) is 7.08. The molecule has 3 heterocycles. The molecule has 0 saturated heterocycles. The van der Waals surface area contributed by atoms with E-state index >= 15 is 0 Å². The van der Waals surface area contributed by atoms with Crippen LogP contribution in [0.1, 0.15) is 18.5 Å². The van der Waals surface area contributed by atoms with Crippen molar-refractivity contribution in [2.45, 2.75) is 13.0 Å². The van der Waals surface area contributed by atoms with Crippen molar-refractivity contribution in [2.24, 2.45) is 7.05 Å². The first-order chi connectivity index (χ1) is 14.1. The highest BCUT2D eigenvalue weighted by Crippen LogP contribution is 2.27. The van der Waals surface area contributed by atoms with E-state index in [0.717, 1.165) is 27.7 Å². The van der Waals surface area contributed by atoms with Gasteiger partial charge in [0.2, 0.25) is 0 Å². The number of nitrogens with zero attached hydrogens (tertiary/aromatic N) is 5. The number of imidazole rings is 1. The van der Waals surface area contributed by atoms with E-state index in [9.17, 15) is 4.79 Å². The molecule has 0 amide bonds. The molecule has 1 atom stereocenters. The molecule has 6 nitrogen and oxygen atoms in total. The minimum absolute atomic E-state index is 0.131. The van der Waals surface area contributed by atoms with Crippen LogP contribution in [0.2, 0.25) is 0 Å². The van der Waals surface area contributed by atoms with Gasteiger partial charge in [0.1, 0.15) is 0 Å². The SMILES string of the molecule is C[C@H](c1ccccc1)n1c(=O)n(C)c2ncc(-c3cccc4ncccc34)nc21. The molecule has 6 heteroatoms. The molecule has 0 unspecified atom stereocenters. The van der Waals surface area contributed by atoms with Crippen LogP contribution in [0.3, 0.4) is 0 Å². The number of rotatable bonds is 3. The monoisotopic (exact) mass is 381 g/mol. The summed E-state index contributed by atoms with van der Waals surface area (Å²) in [5.74, 6) is 0. The average Bonchev–Trinajstić information content (AvgIpc) is 3.03. The maximum absolute atomic E-state index is 13.0. The average molecular weight is 381 g/mol. The van der Waals surface area contributed by atoms with Crippen molar-refractivity contribution in [2.75, 3.05) is 0 Å². The Kier molecular flexibility index (Phi) is 3.98. The van der Waals surface area contributed by atoms with Crippen molar-refractivity contribution in [3.8, 4) is 11.3 Å². The Hall–Kier alpha value is -3.80. The van der Waals surface area contributed by atoms with Gasteiger partial charge in [-0.3, -0.25) is 14.1 Å². The summed E-state index contributed by atoms with van der Waals surface area (Å²) < 4.78 is 3.26. The highest BCUT2D eigenvalue weighted by atomic mass is 16.1. The summed E-state index contributed by atoms with van der Waals surface area (Å²) in [5, 5.41) is 1.00. The predicted molar refractivity (Wildman–Crippen MR) is 114 cm³/mol. The van der Waals surface area contributed by atoms with Crippen molar-refractivity contribution in [3.63, 3.8) is 0 Å². The predicted octanol–water partition coefficient (Wildman–Crippen LogP) is 3.95. The first-order valence-electron chi connectivity index (χ1n) is 9.48. The summed E-state index contributed by atoms with van der Waals surface area (Å²) in [5.41, 5.74) is 4.62. The third-order valence-corrected chi connectivity index (χ3v) is 5.37. The molecule has 0 aliphatic carbocycles. The normalized spacial score (nSPS) is 12.5. The lowest BCUT2D eigenvalue weighted by molar-refractivity contribution is 0.613. The molecule has 0 radical (unpaired) electrons. The molecule has 29 heavy (non-hydrogen) atoms. The van der Waals surface area contributed by atoms with Gasteiger partial charge in [-0.2, -0.15) is 0 Å². The number of aryl methyl sites for hydroxylation is 1. The molecular weight excluding hydrogens is 362 g/mol. The summed E-state index contributed by atoms with van der Waals surface area (Å²) in [6.07, 6.45) is 3.50. The highest BCUT2D eigenvalue weighted by Gasteiger charge is 2.20. The second kappa shape index (κ2) is 6.67. The molecule has 0 aliphatic heterocycles. The van der Waals surface area contributed by atoms with Crippen LogP contribution in [0.5, 0.6) is 0 Å². The standard InChI is InChI=1S/C23H19N5O/c1-15(16-8-4-3-5-9-16)28-22-21(27(2)23(28)29)25-14-20(26-22)18-10-6-12-19-17(18)11-7-13-24-19/h3-15H,1-2H3/t15-/m1/s1. The molecule has 0 N–H and O–H groups in total. The summed E-state index contributed by atoms with van der Waals surface area (Å²) in [6.45, 7) is 2.01. The van der Waals surface area contributed by atoms with Crippen LogP contribution in [0.25, 0.3) is 33.5 Å². The summed E-state index contributed by atoms with van der Waals surface area (Å²) in [7, 11) is 1.73. The Balaban J connectivity index is 1.76. The van der Waals surface area contributed by atoms with Gasteiger partial charge < -0.3 is 0 Å². The Morgan fingerprint density at radius 3 is 2.55 bits per heavy atom. The zero-order chi connectivity index (χ0) is 20.0. The molecule has 5 aromatic rings. The van der Waals surface area contributed by atoms with Gasteiger partial charge in [0.15, 0.2) is 11.3 Å². The topological polar surface area (TPSA) is 65.6 Å². The number of benzene rings is 2. The van der Waals surface area contributed by atoms with Gasteiger partial charge in [0, 0.05) is 24.2 Å². The van der Waals surface area contributed by atoms with E-state index in [0.29, 0.717) is 11.3 Å². The minimum Gasteiger partial charge on any atom is -0.278 e. The van der Waals surface area contributed by atoms with E-state index in [1.54, 1.807) is 28.6 Å². The summed E-state index contributed by atoms with van der Waals surface area (Å²) in [4.78, 5) is 26.9. The quantitative estimate of drug-likeness (QED) is 0.475. The van der Waals surface area contributed by atoms with Crippen molar-refractivity contribution < 1.29 is 0 Å². The fourth-order valence-corrected chi connectivity index (χ4v) is 3.80.